The lowest BCUT2D eigenvalue weighted by Crippen LogP contribution is -2.30. The third-order valence-corrected chi connectivity index (χ3v) is 4.68. The zero-order valence-electron chi connectivity index (χ0n) is 18.3. The lowest BCUT2D eigenvalue weighted by Gasteiger charge is -2.26. The van der Waals surface area contributed by atoms with Crippen molar-refractivity contribution in [1.82, 2.24) is 14.4 Å². The van der Waals surface area contributed by atoms with Crippen LogP contribution in [0.4, 0.5) is 17.3 Å². The molecule has 1 heterocycles. The smallest absolute Gasteiger partial charge is 0.371 e. The number of anilines is 1. The van der Waals surface area contributed by atoms with Crippen LogP contribution in [0.25, 0.3) is 0 Å². The Morgan fingerprint density at radius 2 is 1.43 bits per heavy atom. The summed E-state index contributed by atoms with van der Waals surface area (Å²) < 4.78 is 3.91. The van der Waals surface area contributed by atoms with Gasteiger partial charge in [0.2, 0.25) is 0 Å². The highest BCUT2D eigenvalue weighted by molar-refractivity contribution is 5.52. The summed E-state index contributed by atoms with van der Waals surface area (Å²) in [5.74, 6) is 0.818. The Labute approximate surface area is 169 Å². The monoisotopic (exact) mass is 386 g/mol. The van der Waals surface area contributed by atoms with Crippen LogP contribution in [-0.2, 0) is 14.1 Å². The Hall–Kier alpha value is -2.25. The first-order valence-corrected chi connectivity index (χ1v) is 9.94. The number of imidazole rings is 1. The molecule has 28 heavy (non-hydrogen) atoms. The molecule has 2 aromatic rings. The Balaban J connectivity index is 2.03. The zero-order chi connectivity index (χ0) is 20.5. The molecule has 0 unspecified atom stereocenters. The minimum absolute atomic E-state index is 0.818. The number of hydrogen-bond donors (Lipinski definition) is 0. The highest BCUT2D eigenvalue weighted by Gasteiger charge is 2.11. The van der Waals surface area contributed by atoms with Crippen LogP contribution < -0.4 is 9.47 Å². The van der Waals surface area contributed by atoms with Crippen molar-refractivity contribution in [2.75, 3.05) is 59.3 Å². The molecule has 1 aromatic heterocycles. The number of hydrogen-bond acceptors (Lipinski definition) is 5. The fourth-order valence-corrected chi connectivity index (χ4v) is 3.08. The van der Waals surface area contributed by atoms with Gasteiger partial charge in [-0.2, -0.15) is 0 Å². The van der Waals surface area contributed by atoms with Crippen LogP contribution in [0.2, 0.25) is 0 Å². The maximum atomic E-state index is 4.39. The van der Waals surface area contributed by atoms with Gasteiger partial charge in [0.05, 0.1) is 26.5 Å². The van der Waals surface area contributed by atoms with E-state index in [4.69, 9.17) is 0 Å². The predicted molar refractivity (Wildman–Crippen MR) is 116 cm³/mol. The summed E-state index contributed by atoms with van der Waals surface area (Å²) in [5.41, 5.74) is 2.12. The van der Waals surface area contributed by atoms with E-state index in [1.54, 1.807) is 0 Å². The van der Waals surface area contributed by atoms with Gasteiger partial charge >= 0.3 is 5.95 Å². The number of aryl methyl sites for hydroxylation is 2. The van der Waals surface area contributed by atoms with Crippen LogP contribution in [0, 0.1) is 0 Å². The van der Waals surface area contributed by atoms with Crippen molar-refractivity contribution >= 4 is 17.3 Å². The summed E-state index contributed by atoms with van der Waals surface area (Å²) in [5, 5.41) is 8.77. The van der Waals surface area contributed by atoms with Gasteiger partial charge < -0.3 is 14.7 Å². The first-order chi connectivity index (χ1) is 13.4. The van der Waals surface area contributed by atoms with Crippen LogP contribution in [0.3, 0.4) is 0 Å². The van der Waals surface area contributed by atoms with Gasteiger partial charge in [0.1, 0.15) is 5.69 Å². The van der Waals surface area contributed by atoms with Gasteiger partial charge in [-0.3, -0.25) is 0 Å². The lowest BCUT2D eigenvalue weighted by atomic mass is 10.2. The van der Waals surface area contributed by atoms with Crippen LogP contribution in [0.5, 0.6) is 0 Å². The molecule has 7 nitrogen and oxygen atoms in total. The van der Waals surface area contributed by atoms with E-state index >= 15 is 0 Å². The van der Waals surface area contributed by atoms with Gasteiger partial charge in [0.15, 0.2) is 0 Å². The second-order valence-electron chi connectivity index (χ2n) is 7.84. The van der Waals surface area contributed by atoms with E-state index in [0.29, 0.717) is 0 Å². The third kappa shape index (κ3) is 7.05. The van der Waals surface area contributed by atoms with Crippen molar-refractivity contribution in [3.05, 3.63) is 36.7 Å². The highest BCUT2D eigenvalue weighted by Crippen LogP contribution is 2.22. The minimum atomic E-state index is 0.818. The number of aromatic nitrogens is 2. The summed E-state index contributed by atoms with van der Waals surface area (Å²) in [7, 11) is 12.4. The van der Waals surface area contributed by atoms with Crippen LogP contribution in [-0.4, -0.2) is 68.7 Å². The molecule has 0 N–H and O–H groups in total. The quantitative estimate of drug-likeness (QED) is 0.440. The normalized spacial score (nSPS) is 11.9. The van der Waals surface area contributed by atoms with Crippen LogP contribution in [0.1, 0.15) is 12.8 Å². The number of benzene rings is 1. The first kappa shape index (κ1) is 22.0. The molecule has 0 bridgehead atoms. The number of azo groups is 1. The minimum Gasteiger partial charge on any atom is -0.371 e. The first-order valence-electron chi connectivity index (χ1n) is 9.94. The van der Waals surface area contributed by atoms with Gasteiger partial charge in [0, 0.05) is 23.9 Å². The van der Waals surface area contributed by atoms with Gasteiger partial charge in [-0.25, -0.2) is 9.13 Å². The van der Waals surface area contributed by atoms with Gasteiger partial charge in [-0.05, 0) is 78.4 Å². The molecular formula is C21H36N7+. The lowest BCUT2D eigenvalue weighted by molar-refractivity contribution is -0.657. The maximum Gasteiger partial charge on any atom is 0.421 e. The Bertz CT molecular complexity index is 698. The van der Waals surface area contributed by atoms with Crippen molar-refractivity contribution in [1.29, 1.82) is 0 Å². The Kier molecular flexibility index (Phi) is 8.60. The average molecular weight is 387 g/mol. The molecule has 2 rings (SSSR count). The summed E-state index contributed by atoms with van der Waals surface area (Å²) in [4.78, 5) is 6.96. The van der Waals surface area contributed by atoms with E-state index in [-0.39, 0.29) is 0 Å². The molecule has 0 saturated carbocycles. The van der Waals surface area contributed by atoms with E-state index in [9.17, 15) is 0 Å². The molecule has 7 heteroatoms. The molecular weight excluding hydrogens is 350 g/mol. The fourth-order valence-electron chi connectivity index (χ4n) is 3.08. The van der Waals surface area contributed by atoms with Gasteiger partial charge in [-0.1, -0.05) is 5.11 Å². The maximum absolute atomic E-state index is 4.39. The fraction of sp³-hybridized carbons (Fsp3) is 0.571. The topological polar surface area (TPSA) is 43.2 Å². The summed E-state index contributed by atoms with van der Waals surface area (Å²) in [6.07, 6.45) is 6.24. The SMILES string of the molecule is CN(C)CCCN(CCCN(C)C)c1ccc(N=Nc2n(C)cc[n+]2C)cc1. The van der Waals surface area contributed by atoms with E-state index in [1.807, 2.05) is 47.8 Å². The second-order valence-corrected chi connectivity index (χ2v) is 7.84. The average Bonchev–Trinajstić information content (AvgIpc) is 2.96. The predicted octanol–water partition coefficient (Wildman–Crippen LogP) is 2.97. The molecule has 0 amide bonds. The van der Waals surface area contributed by atoms with Crippen LogP contribution >= 0.6 is 0 Å². The van der Waals surface area contributed by atoms with E-state index in [2.05, 4.69) is 65.3 Å². The molecule has 154 valence electrons. The zero-order valence-corrected chi connectivity index (χ0v) is 18.3. The molecule has 0 spiro atoms. The Morgan fingerprint density at radius 1 is 0.857 bits per heavy atom. The third-order valence-electron chi connectivity index (χ3n) is 4.68. The van der Waals surface area contributed by atoms with Crippen molar-refractivity contribution in [2.45, 2.75) is 12.8 Å². The summed E-state index contributed by atoms with van der Waals surface area (Å²) in [6.45, 7) is 4.33. The molecule has 0 radical (unpaired) electrons. The molecule has 0 aliphatic rings. The Morgan fingerprint density at radius 3 is 1.89 bits per heavy atom. The summed E-state index contributed by atoms with van der Waals surface area (Å²) >= 11 is 0. The summed E-state index contributed by atoms with van der Waals surface area (Å²) in [6, 6.07) is 8.41. The van der Waals surface area contributed by atoms with Crippen molar-refractivity contribution < 1.29 is 4.57 Å². The van der Waals surface area contributed by atoms with Gasteiger partial charge in [0.25, 0.3) is 0 Å². The highest BCUT2D eigenvalue weighted by atomic mass is 15.3. The number of nitrogens with zero attached hydrogens (tertiary/aromatic N) is 7. The molecule has 0 aliphatic carbocycles. The second kappa shape index (κ2) is 10.9. The van der Waals surface area contributed by atoms with E-state index in [1.165, 1.54) is 5.69 Å². The van der Waals surface area contributed by atoms with Gasteiger partial charge in [-0.15, -0.1) is 0 Å². The van der Waals surface area contributed by atoms with E-state index in [0.717, 1.165) is 50.7 Å². The molecule has 0 saturated heterocycles. The van der Waals surface area contributed by atoms with Crippen molar-refractivity contribution in [3.8, 4) is 0 Å². The van der Waals surface area contributed by atoms with Crippen molar-refractivity contribution in [2.24, 2.45) is 24.3 Å². The molecule has 0 fully saturated rings. The van der Waals surface area contributed by atoms with Crippen LogP contribution in [0.15, 0.2) is 46.9 Å². The largest absolute Gasteiger partial charge is 0.421 e. The van der Waals surface area contributed by atoms with Crippen molar-refractivity contribution in [3.63, 3.8) is 0 Å². The molecule has 1 aromatic carbocycles. The molecule has 0 aliphatic heterocycles. The number of rotatable bonds is 11. The molecule has 0 atom stereocenters. The van der Waals surface area contributed by atoms with E-state index < -0.39 is 0 Å². The standard InChI is InChI=1S/C21H36N7/c1-24(2)13-7-15-28(16-8-14-25(3)4)20-11-9-19(10-12-20)22-23-21-26(5)17-18-27(21)6/h9-12,17-18H,7-8,13-16H2,1-6H3/q+1.